The number of halogens is 2. The van der Waals surface area contributed by atoms with Crippen LogP contribution in [-0.4, -0.2) is 15.1 Å². The summed E-state index contributed by atoms with van der Waals surface area (Å²) in [6.45, 7) is 10.5. The normalized spacial score (nSPS) is 13.0. The number of hydrogen-bond acceptors (Lipinski definition) is 4. The van der Waals surface area contributed by atoms with Crippen LogP contribution in [0.1, 0.15) is 53.0 Å². The number of nitrogens with zero attached hydrogens (tertiary/aromatic N) is 2. The second-order valence-electron chi connectivity index (χ2n) is 6.29. The Morgan fingerprint density at radius 3 is 2.25 bits per heavy atom. The van der Waals surface area contributed by atoms with E-state index in [-0.39, 0.29) is 5.76 Å². The summed E-state index contributed by atoms with van der Waals surface area (Å²) in [5.41, 5.74) is 4.00. The van der Waals surface area contributed by atoms with Crippen LogP contribution in [0.15, 0.2) is 58.7 Å². The Hall–Kier alpha value is -2.04. The molecule has 4 nitrogen and oxygen atoms in total. The van der Waals surface area contributed by atoms with Crippen LogP contribution in [0.2, 0.25) is 5.02 Å². The van der Waals surface area contributed by atoms with Gasteiger partial charge in [-0.1, -0.05) is 62.0 Å². The summed E-state index contributed by atoms with van der Waals surface area (Å²) in [6, 6.07) is 3.67. The molecule has 0 saturated heterocycles. The summed E-state index contributed by atoms with van der Waals surface area (Å²) >= 11 is 12.5. The predicted molar refractivity (Wildman–Crippen MR) is 121 cm³/mol. The van der Waals surface area contributed by atoms with Crippen molar-refractivity contribution < 1.29 is 5.11 Å². The molecule has 0 amide bonds. The molecule has 6 heteroatoms. The van der Waals surface area contributed by atoms with Crippen molar-refractivity contribution in [3.8, 4) is 0 Å². The fourth-order valence-corrected chi connectivity index (χ4v) is 2.71. The summed E-state index contributed by atoms with van der Waals surface area (Å²) in [6.07, 6.45) is 8.92. The fourth-order valence-electron chi connectivity index (χ4n) is 2.19. The lowest BCUT2D eigenvalue weighted by Gasteiger charge is -2.13. The van der Waals surface area contributed by atoms with E-state index in [1.165, 1.54) is 6.42 Å². The molecule has 1 aromatic carbocycles. The summed E-state index contributed by atoms with van der Waals surface area (Å²) in [7, 11) is 0. The average molecular weight is 422 g/mol. The highest BCUT2D eigenvalue weighted by Gasteiger charge is 2.10. The van der Waals surface area contributed by atoms with Crippen LogP contribution in [0.25, 0.3) is 11.0 Å². The number of aliphatic hydroxyl groups is 1. The minimum atomic E-state index is 0.00803. The topological polar surface area (TPSA) is 58.0 Å². The number of fused-ring (bicyclic) bond motifs is 1. The van der Waals surface area contributed by atoms with Crippen LogP contribution in [-0.2, 0) is 6.54 Å². The highest BCUT2D eigenvalue weighted by molar-refractivity contribution is 6.32. The van der Waals surface area contributed by atoms with Crippen molar-refractivity contribution in [2.75, 3.05) is 0 Å². The largest absolute Gasteiger partial charge is 0.504 e. The highest BCUT2D eigenvalue weighted by atomic mass is 35.5. The molecule has 0 bridgehead atoms. The smallest absolute Gasteiger partial charge is 0.157 e. The van der Waals surface area contributed by atoms with Gasteiger partial charge in [0.2, 0.25) is 0 Å². The molecular formula is C22H29Cl2N3O. The van der Waals surface area contributed by atoms with E-state index in [2.05, 4.69) is 29.1 Å². The monoisotopic (exact) mass is 421 g/mol. The first kappa shape index (κ1) is 24.0. The number of aliphatic hydroxyl groups excluding tert-OH is 1. The van der Waals surface area contributed by atoms with Crippen LogP contribution in [0.3, 0.4) is 0 Å². The maximum Gasteiger partial charge on any atom is 0.157 e. The predicted octanol–water partition coefficient (Wildman–Crippen LogP) is 7.06. The number of allylic oxidation sites excluding steroid dienone is 4. The van der Waals surface area contributed by atoms with Gasteiger partial charge in [0.15, 0.2) is 5.76 Å². The van der Waals surface area contributed by atoms with Gasteiger partial charge in [0, 0.05) is 24.0 Å². The average Bonchev–Trinajstić information content (AvgIpc) is 2.68. The van der Waals surface area contributed by atoms with Crippen molar-refractivity contribution in [2.24, 2.45) is 0 Å². The molecule has 0 unspecified atom stereocenters. The van der Waals surface area contributed by atoms with Crippen molar-refractivity contribution in [3.05, 3.63) is 69.3 Å². The first-order chi connectivity index (χ1) is 13.4. The summed E-state index contributed by atoms with van der Waals surface area (Å²) in [5.74, 6) is 0.00803. The van der Waals surface area contributed by atoms with Gasteiger partial charge in [-0.25, -0.2) is 0 Å². The molecule has 0 aliphatic rings. The van der Waals surface area contributed by atoms with Gasteiger partial charge in [-0.3, -0.25) is 9.97 Å². The van der Waals surface area contributed by atoms with Crippen molar-refractivity contribution >= 4 is 34.2 Å². The number of benzene rings is 1. The molecule has 2 N–H and O–H groups in total. The molecule has 0 saturated carbocycles. The zero-order valence-corrected chi connectivity index (χ0v) is 18.7. The van der Waals surface area contributed by atoms with Crippen LogP contribution in [0, 0.1) is 0 Å². The minimum absolute atomic E-state index is 0.00803. The number of nitrogens with one attached hydrogen (secondary N) is 1. The van der Waals surface area contributed by atoms with Gasteiger partial charge in [0.25, 0.3) is 0 Å². The Morgan fingerprint density at radius 2 is 1.71 bits per heavy atom. The Labute approximate surface area is 178 Å². The van der Waals surface area contributed by atoms with E-state index in [1.807, 2.05) is 26.8 Å². The molecule has 0 atom stereocenters. The van der Waals surface area contributed by atoms with E-state index >= 15 is 0 Å². The van der Waals surface area contributed by atoms with Crippen LogP contribution < -0.4 is 5.32 Å². The Balaban J connectivity index is 0.00000122. The third-order valence-electron chi connectivity index (χ3n) is 3.81. The Kier molecular flexibility index (Phi) is 10.6. The third kappa shape index (κ3) is 7.17. The first-order valence-corrected chi connectivity index (χ1v) is 10.2. The van der Waals surface area contributed by atoms with Crippen molar-refractivity contribution in [1.29, 1.82) is 0 Å². The highest BCUT2D eigenvalue weighted by Crippen LogP contribution is 2.23. The Bertz CT molecular complexity index is 873. The van der Waals surface area contributed by atoms with E-state index in [1.54, 1.807) is 30.6 Å². The number of aromatic nitrogens is 2. The molecule has 2 rings (SSSR count). The molecular weight excluding hydrogens is 393 g/mol. The molecule has 28 heavy (non-hydrogen) atoms. The van der Waals surface area contributed by atoms with Gasteiger partial charge < -0.3 is 10.4 Å². The van der Waals surface area contributed by atoms with E-state index in [0.29, 0.717) is 22.3 Å². The first-order valence-electron chi connectivity index (χ1n) is 9.43. The SMILES string of the molecule is CCC.C\C=C(NCc1cc2nccnc2cc1Cl)/C(O)=C(Cl)\C=C(/C)CC. The van der Waals surface area contributed by atoms with Crippen molar-refractivity contribution in [2.45, 2.75) is 54.0 Å². The molecule has 0 aliphatic carbocycles. The molecule has 1 heterocycles. The molecule has 2 aromatic rings. The van der Waals surface area contributed by atoms with E-state index < -0.39 is 0 Å². The zero-order chi connectivity index (χ0) is 21.1. The minimum Gasteiger partial charge on any atom is -0.504 e. The maximum atomic E-state index is 10.4. The van der Waals surface area contributed by atoms with Gasteiger partial charge in [0.1, 0.15) is 0 Å². The third-order valence-corrected chi connectivity index (χ3v) is 4.45. The molecule has 1 aromatic heterocycles. The van der Waals surface area contributed by atoms with Gasteiger partial charge >= 0.3 is 0 Å². The van der Waals surface area contributed by atoms with Crippen LogP contribution in [0.5, 0.6) is 0 Å². The number of hydrogen-bond donors (Lipinski definition) is 2. The summed E-state index contributed by atoms with van der Waals surface area (Å²) < 4.78 is 0. The van der Waals surface area contributed by atoms with Crippen molar-refractivity contribution in [1.82, 2.24) is 15.3 Å². The van der Waals surface area contributed by atoms with Crippen LogP contribution in [0.4, 0.5) is 0 Å². The number of rotatable bonds is 6. The molecule has 152 valence electrons. The van der Waals surface area contributed by atoms with E-state index in [4.69, 9.17) is 23.2 Å². The molecule has 0 fully saturated rings. The standard InChI is InChI=1S/C19H21Cl2N3O.C3H8/c1-4-12(3)8-15(21)19(25)16(5-2)24-11-13-9-17-18(10-14(13)20)23-7-6-22-17;1-3-2/h5-10,24-25H,4,11H2,1-3H3;3H2,1-2H3/b12-8+,16-5+,19-15-;. The van der Waals surface area contributed by atoms with E-state index in [0.717, 1.165) is 28.6 Å². The van der Waals surface area contributed by atoms with Gasteiger partial charge in [-0.05, 0) is 44.0 Å². The second kappa shape index (κ2) is 12.4. The van der Waals surface area contributed by atoms with Crippen molar-refractivity contribution in [3.63, 3.8) is 0 Å². The fraction of sp³-hybridized carbons (Fsp3) is 0.364. The Morgan fingerprint density at radius 1 is 1.14 bits per heavy atom. The zero-order valence-electron chi connectivity index (χ0n) is 17.2. The van der Waals surface area contributed by atoms with Gasteiger partial charge in [-0.15, -0.1) is 0 Å². The quantitative estimate of drug-likeness (QED) is 0.387. The van der Waals surface area contributed by atoms with E-state index in [9.17, 15) is 5.11 Å². The lowest BCUT2D eigenvalue weighted by Crippen LogP contribution is -2.15. The van der Waals surface area contributed by atoms with Crippen LogP contribution >= 0.6 is 23.2 Å². The summed E-state index contributed by atoms with van der Waals surface area (Å²) in [5, 5.41) is 14.4. The molecule has 0 aliphatic heterocycles. The van der Waals surface area contributed by atoms with Gasteiger partial charge in [-0.2, -0.15) is 0 Å². The molecule has 0 spiro atoms. The molecule has 0 radical (unpaired) electrons. The summed E-state index contributed by atoms with van der Waals surface area (Å²) in [4.78, 5) is 8.52. The van der Waals surface area contributed by atoms with Gasteiger partial charge in [0.05, 0.1) is 21.8 Å². The lowest BCUT2D eigenvalue weighted by molar-refractivity contribution is 0.411. The second-order valence-corrected chi connectivity index (χ2v) is 7.11. The maximum absolute atomic E-state index is 10.4. The lowest BCUT2D eigenvalue weighted by atomic mass is 10.1.